The van der Waals surface area contributed by atoms with E-state index in [1.807, 2.05) is 12.3 Å². The van der Waals surface area contributed by atoms with Gasteiger partial charge in [0.1, 0.15) is 5.82 Å². The summed E-state index contributed by atoms with van der Waals surface area (Å²) in [7, 11) is 0. The van der Waals surface area contributed by atoms with E-state index in [0.29, 0.717) is 10.6 Å². The topological polar surface area (TPSA) is 49.3 Å². The van der Waals surface area contributed by atoms with Crippen LogP contribution in [0.4, 0.5) is 4.39 Å². The summed E-state index contributed by atoms with van der Waals surface area (Å²) < 4.78 is 12.9. The molecule has 2 N–H and O–H groups in total. The fourth-order valence-corrected chi connectivity index (χ4v) is 3.60. The number of thiophene rings is 1. The zero-order valence-electron chi connectivity index (χ0n) is 12.4. The van der Waals surface area contributed by atoms with Gasteiger partial charge in [-0.3, -0.25) is 4.79 Å². The van der Waals surface area contributed by atoms with Gasteiger partial charge in [0.05, 0.1) is 10.5 Å². The number of carbonyl (C=O) groups is 1. The maximum Gasteiger partial charge on any atom is 0.261 e. The van der Waals surface area contributed by atoms with Gasteiger partial charge >= 0.3 is 0 Å². The second-order valence-electron chi connectivity index (χ2n) is 5.28. The smallest absolute Gasteiger partial charge is 0.261 e. The van der Waals surface area contributed by atoms with Gasteiger partial charge in [-0.2, -0.15) is 11.8 Å². The Bertz CT molecular complexity index is 638. The molecule has 1 unspecified atom stereocenters. The van der Waals surface area contributed by atoms with Crippen LogP contribution < -0.4 is 5.32 Å². The maximum absolute atomic E-state index is 12.9. The van der Waals surface area contributed by atoms with Crippen LogP contribution in [-0.2, 0) is 0 Å². The standard InChI is InChI=1S/C16H18FNO2S2/c1-16(20,10-21-2)9-18-15(19)14-8-7-13(22-14)11-3-5-12(17)6-4-11/h3-8,20H,9-10H2,1-2H3,(H,18,19). The van der Waals surface area contributed by atoms with Crippen LogP contribution in [0.1, 0.15) is 16.6 Å². The minimum atomic E-state index is -0.924. The third kappa shape index (κ3) is 4.56. The molecule has 2 rings (SSSR count). The van der Waals surface area contributed by atoms with Gasteiger partial charge in [0.2, 0.25) is 0 Å². The van der Waals surface area contributed by atoms with Crippen LogP contribution >= 0.6 is 23.1 Å². The van der Waals surface area contributed by atoms with E-state index in [2.05, 4.69) is 5.32 Å². The van der Waals surface area contributed by atoms with Gasteiger partial charge < -0.3 is 10.4 Å². The summed E-state index contributed by atoms with van der Waals surface area (Å²) in [6, 6.07) is 9.75. The highest BCUT2D eigenvalue weighted by Crippen LogP contribution is 2.28. The Hall–Kier alpha value is -1.37. The van der Waals surface area contributed by atoms with Gasteiger partial charge in [0.25, 0.3) is 5.91 Å². The molecular weight excluding hydrogens is 321 g/mol. The lowest BCUT2D eigenvalue weighted by Gasteiger charge is -2.22. The largest absolute Gasteiger partial charge is 0.387 e. The molecule has 0 bridgehead atoms. The van der Waals surface area contributed by atoms with Gasteiger partial charge in [-0.1, -0.05) is 12.1 Å². The van der Waals surface area contributed by atoms with Crippen LogP contribution in [0.5, 0.6) is 0 Å². The summed E-state index contributed by atoms with van der Waals surface area (Å²) in [5.74, 6) is 0.0625. The Morgan fingerprint density at radius 2 is 2.00 bits per heavy atom. The summed E-state index contributed by atoms with van der Waals surface area (Å²) >= 11 is 2.87. The predicted octanol–water partition coefficient (Wildman–Crippen LogP) is 3.40. The summed E-state index contributed by atoms with van der Waals surface area (Å²) in [5.41, 5.74) is -0.0496. The van der Waals surface area contributed by atoms with Crippen molar-refractivity contribution in [3.63, 3.8) is 0 Å². The third-order valence-electron chi connectivity index (χ3n) is 3.04. The average Bonchev–Trinajstić information content (AvgIpc) is 2.95. The first-order chi connectivity index (χ1) is 10.4. The molecular formula is C16H18FNO2S2. The molecule has 2 aromatic rings. The Morgan fingerprint density at radius 1 is 1.32 bits per heavy atom. The molecule has 0 spiro atoms. The number of nitrogens with one attached hydrogen (secondary N) is 1. The highest BCUT2D eigenvalue weighted by molar-refractivity contribution is 7.98. The zero-order chi connectivity index (χ0) is 16.2. The van der Waals surface area contributed by atoms with E-state index in [4.69, 9.17) is 0 Å². The van der Waals surface area contributed by atoms with E-state index in [0.717, 1.165) is 10.4 Å². The van der Waals surface area contributed by atoms with E-state index >= 15 is 0 Å². The van der Waals surface area contributed by atoms with Gasteiger partial charge in [0, 0.05) is 17.2 Å². The van der Waals surface area contributed by atoms with Crippen LogP contribution in [0.2, 0.25) is 0 Å². The van der Waals surface area contributed by atoms with Crippen molar-refractivity contribution in [3.05, 3.63) is 47.1 Å². The SMILES string of the molecule is CSCC(C)(O)CNC(=O)c1ccc(-c2ccc(F)cc2)s1. The van der Waals surface area contributed by atoms with Crippen molar-refractivity contribution in [2.45, 2.75) is 12.5 Å². The Balaban J connectivity index is 2.02. The number of thioether (sulfide) groups is 1. The highest BCUT2D eigenvalue weighted by atomic mass is 32.2. The fraction of sp³-hybridized carbons (Fsp3) is 0.312. The van der Waals surface area contributed by atoms with Crippen molar-refractivity contribution < 1.29 is 14.3 Å². The summed E-state index contributed by atoms with van der Waals surface area (Å²) in [6.07, 6.45) is 1.91. The second kappa shape index (κ2) is 7.26. The molecule has 1 amide bonds. The number of halogens is 1. The van der Waals surface area contributed by atoms with Gasteiger partial charge in [0.15, 0.2) is 0 Å². The van der Waals surface area contributed by atoms with Gasteiger partial charge in [-0.25, -0.2) is 4.39 Å². The third-order valence-corrected chi connectivity index (χ3v) is 5.09. The van der Waals surface area contributed by atoms with Crippen LogP contribution in [0.3, 0.4) is 0 Å². The molecule has 3 nitrogen and oxygen atoms in total. The molecule has 0 fully saturated rings. The van der Waals surface area contributed by atoms with Gasteiger partial charge in [-0.05, 0) is 43.0 Å². The first-order valence-corrected chi connectivity index (χ1v) is 8.97. The first-order valence-electron chi connectivity index (χ1n) is 6.76. The molecule has 1 atom stereocenters. The minimum absolute atomic E-state index is 0.205. The number of benzene rings is 1. The minimum Gasteiger partial charge on any atom is -0.387 e. The number of hydrogen-bond acceptors (Lipinski definition) is 4. The number of carbonyl (C=O) groups excluding carboxylic acids is 1. The van der Waals surface area contributed by atoms with E-state index in [1.165, 1.54) is 35.2 Å². The number of aliphatic hydroxyl groups is 1. The molecule has 22 heavy (non-hydrogen) atoms. The molecule has 118 valence electrons. The quantitative estimate of drug-likeness (QED) is 0.848. The lowest BCUT2D eigenvalue weighted by Crippen LogP contribution is -2.42. The van der Waals surface area contributed by atoms with Crippen LogP contribution in [0, 0.1) is 5.82 Å². The monoisotopic (exact) mass is 339 g/mol. The average molecular weight is 339 g/mol. The lowest BCUT2D eigenvalue weighted by molar-refractivity contribution is 0.0727. The highest BCUT2D eigenvalue weighted by Gasteiger charge is 2.21. The Labute approximate surface area is 137 Å². The molecule has 0 saturated heterocycles. The van der Waals surface area contributed by atoms with Crippen molar-refractivity contribution in [1.82, 2.24) is 5.32 Å². The molecule has 1 aromatic carbocycles. The van der Waals surface area contributed by atoms with Crippen molar-refractivity contribution in [2.75, 3.05) is 18.6 Å². The second-order valence-corrected chi connectivity index (χ2v) is 7.23. The fourth-order valence-electron chi connectivity index (χ4n) is 1.95. The molecule has 1 aromatic heterocycles. The van der Waals surface area contributed by atoms with Crippen molar-refractivity contribution in [3.8, 4) is 10.4 Å². The van der Waals surface area contributed by atoms with Gasteiger partial charge in [-0.15, -0.1) is 11.3 Å². The molecule has 0 aliphatic carbocycles. The Morgan fingerprint density at radius 3 is 2.64 bits per heavy atom. The van der Waals surface area contributed by atoms with Crippen molar-refractivity contribution >= 4 is 29.0 Å². The molecule has 1 heterocycles. The van der Waals surface area contributed by atoms with E-state index in [1.54, 1.807) is 25.1 Å². The summed E-state index contributed by atoms with van der Waals surface area (Å²) in [4.78, 5) is 13.6. The molecule has 0 saturated carbocycles. The predicted molar refractivity (Wildman–Crippen MR) is 91.1 cm³/mol. The normalized spacial score (nSPS) is 13.6. The van der Waals surface area contributed by atoms with E-state index in [9.17, 15) is 14.3 Å². The van der Waals surface area contributed by atoms with Crippen molar-refractivity contribution in [1.29, 1.82) is 0 Å². The summed E-state index contributed by atoms with van der Waals surface area (Å²) in [5, 5.41) is 12.8. The van der Waals surface area contributed by atoms with E-state index < -0.39 is 5.60 Å². The van der Waals surface area contributed by atoms with Crippen molar-refractivity contribution in [2.24, 2.45) is 0 Å². The lowest BCUT2D eigenvalue weighted by atomic mass is 10.1. The molecule has 0 aliphatic rings. The first kappa shape index (κ1) is 17.0. The number of rotatable bonds is 6. The maximum atomic E-state index is 12.9. The van der Waals surface area contributed by atoms with E-state index in [-0.39, 0.29) is 18.3 Å². The molecule has 6 heteroatoms. The molecule has 0 radical (unpaired) electrons. The zero-order valence-corrected chi connectivity index (χ0v) is 14.1. The molecule has 0 aliphatic heterocycles. The van der Waals surface area contributed by atoms with Crippen LogP contribution in [-0.4, -0.2) is 35.2 Å². The Kier molecular flexibility index (Phi) is 5.61. The summed E-state index contributed by atoms with van der Waals surface area (Å²) in [6.45, 7) is 1.90. The number of hydrogen-bond donors (Lipinski definition) is 2. The number of amides is 1. The van der Waals surface area contributed by atoms with Crippen LogP contribution in [0.25, 0.3) is 10.4 Å². The van der Waals surface area contributed by atoms with Crippen LogP contribution in [0.15, 0.2) is 36.4 Å².